The molecule has 2 aliphatic heterocycles. The van der Waals surface area contributed by atoms with Gasteiger partial charge >= 0.3 is 12.0 Å². The fraction of sp³-hybridized carbons (Fsp3) is 0.824. The highest BCUT2D eigenvalue weighted by atomic mass is 32.2. The van der Waals surface area contributed by atoms with E-state index in [0.717, 1.165) is 25.0 Å². The summed E-state index contributed by atoms with van der Waals surface area (Å²) in [4.78, 5) is 31.5. The molecule has 4 N–H and O–H groups in total. The quantitative estimate of drug-likeness (QED) is 0.219. The summed E-state index contributed by atoms with van der Waals surface area (Å²) in [6, 6.07) is 0.440. The van der Waals surface area contributed by atoms with Crippen LogP contribution in [0.1, 0.15) is 32.1 Å². The molecule has 27 heavy (non-hydrogen) atoms. The van der Waals surface area contributed by atoms with Gasteiger partial charge in [0.15, 0.2) is 0 Å². The van der Waals surface area contributed by atoms with Gasteiger partial charge in [-0.25, -0.2) is 4.79 Å². The van der Waals surface area contributed by atoms with Crippen molar-refractivity contribution in [3.63, 3.8) is 0 Å². The van der Waals surface area contributed by atoms with Crippen LogP contribution in [-0.2, 0) is 9.59 Å². The summed E-state index contributed by atoms with van der Waals surface area (Å²) in [5, 5.41) is 33.9. The lowest BCUT2D eigenvalue weighted by molar-refractivity contribution is -0.873. The summed E-state index contributed by atoms with van der Waals surface area (Å²) in [5.41, 5.74) is 0. The van der Waals surface area contributed by atoms with Gasteiger partial charge in [-0.1, -0.05) is 6.42 Å². The molecule has 2 amide bonds. The smallest absolute Gasteiger partial charge is 0.315 e. The van der Waals surface area contributed by atoms with Crippen LogP contribution in [0.3, 0.4) is 0 Å². The first-order valence-electron chi connectivity index (χ1n) is 9.06. The lowest BCUT2D eigenvalue weighted by Gasteiger charge is -2.26. The number of carbonyl (C=O) groups excluding carboxylic acids is 2. The second-order valence-corrected chi connectivity index (χ2v) is 9.24. The maximum absolute atomic E-state index is 11.1. The van der Waals surface area contributed by atoms with E-state index in [2.05, 4.69) is 10.6 Å². The molecule has 0 unspecified atom stereocenters. The summed E-state index contributed by atoms with van der Waals surface area (Å²) in [5.74, 6) is -0.966. The third-order valence-corrected chi connectivity index (χ3v) is 5.74. The Kier molecular flexibility index (Phi) is 9.34. The Hall–Kier alpha value is -1.52. The first-order chi connectivity index (χ1) is 12.5. The molecule has 2 rings (SSSR count). The van der Waals surface area contributed by atoms with E-state index in [-0.39, 0.29) is 31.0 Å². The second-order valence-electron chi connectivity index (χ2n) is 7.96. The summed E-state index contributed by atoms with van der Waals surface area (Å²) < 4.78 is 0.550. The van der Waals surface area contributed by atoms with Gasteiger partial charge in [0, 0.05) is 29.8 Å². The first-order valence-corrected chi connectivity index (χ1v) is 10.1. The van der Waals surface area contributed by atoms with Gasteiger partial charge in [0.05, 0.1) is 33.2 Å². The number of rotatable bonds is 9. The minimum atomic E-state index is -1.20. The lowest BCUT2D eigenvalue weighted by atomic mass is 10.0. The van der Waals surface area contributed by atoms with E-state index in [9.17, 15) is 19.5 Å². The van der Waals surface area contributed by atoms with Gasteiger partial charge < -0.3 is 35.2 Å². The van der Waals surface area contributed by atoms with Gasteiger partial charge in [-0.3, -0.25) is 4.79 Å². The average molecular weight is 406 g/mol. The molecule has 4 atom stereocenters. The topological polar surface area (TPSA) is 139 Å². The molecule has 156 valence electrons. The second kappa shape index (κ2) is 10.7. The number of amides is 2. The lowest BCUT2D eigenvalue weighted by Crippen LogP contribution is -2.43. The molecular formula is C17H31N3O6S. The Bertz CT molecular complexity index is 525. The van der Waals surface area contributed by atoms with E-state index in [1.165, 1.54) is 0 Å². The van der Waals surface area contributed by atoms with Gasteiger partial charge in [-0.2, -0.15) is 11.8 Å². The van der Waals surface area contributed by atoms with Crippen LogP contribution in [0, 0.1) is 0 Å². The predicted octanol–water partition coefficient (Wildman–Crippen LogP) is -1.01. The number of quaternary nitrogens is 1. The fourth-order valence-electron chi connectivity index (χ4n) is 3.15. The average Bonchev–Trinajstić information content (AvgIpc) is 3.00. The van der Waals surface area contributed by atoms with Crippen molar-refractivity contribution < 1.29 is 34.2 Å². The van der Waals surface area contributed by atoms with Gasteiger partial charge in [-0.15, -0.1) is 0 Å². The molecule has 2 heterocycles. The maximum Gasteiger partial charge on any atom is 0.315 e. The zero-order valence-electron chi connectivity index (χ0n) is 16.1. The molecule has 0 saturated carbocycles. The summed E-state index contributed by atoms with van der Waals surface area (Å²) in [6.07, 6.45) is 1.79. The zero-order chi connectivity index (χ0) is 20.6. The number of nitrogens with zero attached hydrogens (tertiary/aromatic N) is 1. The number of aliphatic hydroxyl groups excluding tert-OH is 1. The number of thioether (sulfide) groups is 1. The van der Waals surface area contributed by atoms with E-state index in [4.69, 9.17) is 10.2 Å². The minimum Gasteiger partial charge on any atom is -0.550 e. The third-order valence-electron chi connectivity index (χ3n) is 4.23. The number of aliphatic hydroxyl groups is 1. The van der Waals surface area contributed by atoms with Crippen LogP contribution in [-0.4, -0.2) is 89.5 Å². The van der Waals surface area contributed by atoms with Crippen LogP contribution >= 0.6 is 11.8 Å². The molecule has 0 aromatic rings. The molecule has 9 nitrogen and oxygen atoms in total. The van der Waals surface area contributed by atoms with Crippen molar-refractivity contribution in [3.8, 4) is 0 Å². The molecule has 0 radical (unpaired) electrons. The minimum absolute atomic E-state index is 0.0640. The predicted molar refractivity (Wildman–Crippen MR) is 100 cm³/mol. The molecule has 2 aliphatic rings. The molecule has 0 aromatic carbocycles. The Morgan fingerprint density at radius 2 is 1.96 bits per heavy atom. The maximum atomic E-state index is 11.1. The highest BCUT2D eigenvalue weighted by Gasteiger charge is 2.42. The van der Waals surface area contributed by atoms with E-state index in [1.807, 2.05) is 32.9 Å². The number of unbranched alkanes of at least 4 members (excludes halogenated alkanes) is 1. The highest BCUT2D eigenvalue weighted by Crippen LogP contribution is 2.33. The first kappa shape index (κ1) is 23.5. The number of fused-ring (bicyclic) bond motifs is 1. The van der Waals surface area contributed by atoms with Crippen LogP contribution in [0.2, 0.25) is 0 Å². The van der Waals surface area contributed by atoms with Crippen molar-refractivity contribution in [2.45, 2.75) is 55.5 Å². The van der Waals surface area contributed by atoms with Gasteiger partial charge in [0.2, 0.25) is 0 Å². The number of hydrogen-bond donors (Lipinski definition) is 4. The summed E-state index contributed by atoms with van der Waals surface area (Å²) in [7, 11) is 5.66. The SMILES string of the molecule is C[N+](C)(C)C[C@H](O)CC(=O)[O-].O=C(O)CCCC[C@@H]1SC[C@@H]2NC(=O)N[C@@H]21. The molecular weight excluding hydrogens is 374 g/mol. The van der Waals surface area contributed by atoms with E-state index in [1.54, 1.807) is 0 Å². The molecule has 2 saturated heterocycles. The summed E-state index contributed by atoms with van der Waals surface area (Å²) >= 11 is 1.87. The van der Waals surface area contributed by atoms with Crippen molar-refractivity contribution in [2.24, 2.45) is 0 Å². The number of hydrogen-bond acceptors (Lipinski definition) is 6. The molecule has 0 bridgehead atoms. The number of carboxylic acids is 2. The van der Waals surface area contributed by atoms with Gasteiger partial charge in [0.1, 0.15) is 12.6 Å². The molecule has 0 aromatic heterocycles. The number of carbonyl (C=O) groups is 3. The molecule has 0 spiro atoms. The largest absolute Gasteiger partial charge is 0.550 e. The van der Waals surface area contributed by atoms with Crippen molar-refractivity contribution in [1.82, 2.24) is 10.6 Å². The van der Waals surface area contributed by atoms with Crippen molar-refractivity contribution >= 4 is 29.7 Å². The number of carboxylic acid groups (broad SMARTS) is 2. The van der Waals surface area contributed by atoms with Crippen LogP contribution in [0.25, 0.3) is 0 Å². The Balaban J connectivity index is 0.000000293. The van der Waals surface area contributed by atoms with E-state index in [0.29, 0.717) is 16.3 Å². The van der Waals surface area contributed by atoms with Crippen molar-refractivity contribution in [2.75, 3.05) is 33.4 Å². The number of urea groups is 1. The van der Waals surface area contributed by atoms with Crippen LogP contribution in [0.4, 0.5) is 4.79 Å². The number of aliphatic carboxylic acids is 2. The molecule has 10 heteroatoms. The number of nitrogens with one attached hydrogen (secondary N) is 2. The van der Waals surface area contributed by atoms with Gasteiger partial charge in [-0.05, 0) is 12.8 Å². The Morgan fingerprint density at radius 3 is 2.52 bits per heavy atom. The van der Waals surface area contributed by atoms with E-state index >= 15 is 0 Å². The van der Waals surface area contributed by atoms with Crippen molar-refractivity contribution in [3.05, 3.63) is 0 Å². The van der Waals surface area contributed by atoms with Crippen LogP contribution < -0.4 is 15.7 Å². The standard InChI is InChI=1S/C10H16N2O3S.C7H15NO3/c13-8(14)4-2-1-3-7-9-6(5-16-7)11-10(15)12-9;1-8(2,3)5-6(9)4-7(10)11/h6-7,9H,1-5H2,(H,13,14)(H2,11,12,15);6,9H,4-5H2,1-3H3/t6-,7-,9-;6-/m01/s1. The third kappa shape index (κ3) is 9.83. The van der Waals surface area contributed by atoms with Gasteiger partial charge in [0.25, 0.3) is 0 Å². The molecule has 2 fully saturated rings. The fourth-order valence-corrected chi connectivity index (χ4v) is 4.70. The Morgan fingerprint density at radius 1 is 1.30 bits per heavy atom. The Labute approximate surface area is 164 Å². The zero-order valence-corrected chi connectivity index (χ0v) is 17.0. The summed E-state index contributed by atoms with van der Waals surface area (Å²) in [6.45, 7) is 0.425. The normalized spacial score (nSPS) is 24.9. The van der Waals surface area contributed by atoms with Crippen LogP contribution in [0.5, 0.6) is 0 Å². The number of likely N-dealkylation sites (N-methyl/N-ethyl adjacent to an activating group) is 1. The van der Waals surface area contributed by atoms with E-state index < -0.39 is 18.0 Å². The highest BCUT2D eigenvalue weighted by molar-refractivity contribution is 8.00. The monoisotopic (exact) mass is 405 g/mol. The molecule has 0 aliphatic carbocycles. The van der Waals surface area contributed by atoms with Crippen LogP contribution in [0.15, 0.2) is 0 Å². The van der Waals surface area contributed by atoms with Crippen molar-refractivity contribution in [1.29, 1.82) is 0 Å².